The number of benzene rings is 1. The highest BCUT2D eigenvalue weighted by molar-refractivity contribution is 5.83. The minimum Gasteiger partial charge on any atom is -0.497 e. The first kappa shape index (κ1) is 14.7. The SMILES string of the molecule is CCC1CCCCC1(Nc1cccc(OC)c1)C(=O)O. The summed E-state index contributed by atoms with van der Waals surface area (Å²) in [6.45, 7) is 2.07. The summed E-state index contributed by atoms with van der Waals surface area (Å²) in [5.74, 6) is 0.159. The van der Waals surface area contributed by atoms with Crippen molar-refractivity contribution in [2.24, 2.45) is 5.92 Å². The number of rotatable bonds is 5. The molecule has 2 unspecified atom stereocenters. The van der Waals surface area contributed by atoms with Crippen molar-refractivity contribution < 1.29 is 14.6 Å². The second-order valence-corrected chi connectivity index (χ2v) is 5.48. The standard InChI is InChI=1S/C16H23NO3/c1-3-12-7-4-5-10-16(12,15(18)19)17-13-8-6-9-14(11-13)20-2/h6,8-9,11-12,17H,3-5,7,10H2,1-2H3,(H,18,19). The fourth-order valence-electron chi connectivity index (χ4n) is 3.26. The van der Waals surface area contributed by atoms with Gasteiger partial charge in [-0.1, -0.05) is 32.3 Å². The number of nitrogens with one attached hydrogen (secondary N) is 1. The quantitative estimate of drug-likeness (QED) is 0.864. The largest absolute Gasteiger partial charge is 0.497 e. The summed E-state index contributed by atoms with van der Waals surface area (Å²) in [5, 5.41) is 13.1. The van der Waals surface area contributed by atoms with Crippen LogP contribution >= 0.6 is 0 Å². The zero-order chi connectivity index (χ0) is 14.6. The molecule has 2 rings (SSSR count). The van der Waals surface area contributed by atoms with Crippen molar-refractivity contribution in [2.75, 3.05) is 12.4 Å². The van der Waals surface area contributed by atoms with Crippen LogP contribution in [-0.4, -0.2) is 23.7 Å². The van der Waals surface area contributed by atoms with Gasteiger partial charge in [-0.15, -0.1) is 0 Å². The summed E-state index contributed by atoms with van der Waals surface area (Å²) in [5.41, 5.74) is -0.0357. The normalized spacial score (nSPS) is 26.0. The van der Waals surface area contributed by atoms with Crippen molar-refractivity contribution in [3.8, 4) is 5.75 Å². The van der Waals surface area contributed by atoms with Crippen molar-refractivity contribution in [1.29, 1.82) is 0 Å². The van der Waals surface area contributed by atoms with Crippen LogP contribution < -0.4 is 10.1 Å². The molecule has 1 fully saturated rings. The van der Waals surface area contributed by atoms with Gasteiger partial charge in [-0.05, 0) is 30.9 Å². The summed E-state index contributed by atoms with van der Waals surface area (Å²) in [4.78, 5) is 11.9. The first-order valence-corrected chi connectivity index (χ1v) is 7.28. The van der Waals surface area contributed by atoms with Gasteiger partial charge in [-0.3, -0.25) is 0 Å². The Labute approximate surface area is 120 Å². The molecule has 110 valence electrons. The lowest BCUT2D eigenvalue weighted by atomic mass is 9.71. The zero-order valence-electron chi connectivity index (χ0n) is 12.2. The molecule has 1 saturated carbocycles. The van der Waals surface area contributed by atoms with Crippen LogP contribution in [0.5, 0.6) is 5.75 Å². The molecule has 0 bridgehead atoms. The van der Waals surface area contributed by atoms with Gasteiger partial charge in [0.15, 0.2) is 0 Å². The maximum absolute atomic E-state index is 11.9. The van der Waals surface area contributed by atoms with Crippen molar-refractivity contribution in [2.45, 2.75) is 44.6 Å². The maximum Gasteiger partial charge on any atom is 0.329 e. The zero-order valence-corrected chi connectivity index (χ0v) is 12.2. The molecule has 0 heterocycles. The molecular formula is C16H23NO3. The Hall–Kier alpha value is -1.71. The Kier molecular flexibility index (Phi) is 4.53. The Morgan fingerprint density at radius 1 is 1.50 bits per heavy atom. The molecule has 0 radical (unpaired) electrons. The van der Waals surface area contributed by atoms with Crippen LogP contribution in [0.4, 0.5) is 5.69 Å². The number of methoxy groups -OCH3 is 1. The number of hydrogen-bond donors (Lipinski definition) is 2. The van der Waals surface area contributed by atoms with Crippen LogP contribution in [0.1, 0.15) is 39.0 Å². The number of ether oxygens (including phenoxy) is 1. The lowest BCUT2D eigenvalue weighted by molar-refractivity contribution is -0.145. The molecule has 0 aromatic heterocycles. The monoisotopic (exact) mass is 277 g/mol. The van der Waals surface area contributed by atoms with Gasteiger partial charge in [-0.2, -0.15) is 0 Å². The average molecular weight is 277 g/mol. The summed E-state index contributed by atoms with van der Waals surface area (Å²) < 4.78 is 5.20. The van der Waals surface area contributed by atoms with E-state index in [-0.39, 0.29) is 5.92 Å². The van der Waals surface area contributed by atoms with Gasteiger partial charge in [0.25, 0.3) is 0 Å². The minimum atomic E-state index is -0.848. The fraction of sp³-hybridized carbons (Fsp3) is 0.562. The maximum atomic E-state index is 11.9. The van der Waals surface area contributed by atoms with E-state index in [4.69, 9.17) is 4.74 Å². The van der Waals surface area contributed by atoms with E-state index in [1.54, 1.807) is 7.11 Å². The smallest absolute Gasteiger partial charge is 0.329 e. The molecule has 0 aliphatic heterocycles. The van der Waals surface area contributed by atoms with E-state index in [1.165, 1.54) is 0 Å². The average Bonchev–Trinajstić information content (AvgIpc) is 2.47. The molecule has 2 atom stereocenters. The number of anilines is 1. The highest BCUT2D eigenvalue weighted by Crippen LogP contribution is 2.39. The molecule has 1 aliphatic rings. The van der Waals surface area contributed by atoms with Crippen molar-refractivity contribution in [1.82, 2.24) is 0 Å². The van der Waals surface area contributed by atoms with Crippen LogP contribution in [0.2, 0.25) is 0 Å². The van der Waals surface area contributed by atoms with E-state index in [0.717, 1.165) is 37.1 Å². The molecule has 4 nitrogen and oxygen atoms in total. The van der Waals surface area contributed by atoms with Crippen LogP contribution in [0.3, 0.4) is 0 Å². The van der Waals surface area contributed by atoms with Crippen LogP contribution in [0.25, 0.3) is 0 Å². The first-order valence-electron chi connectivity index (χ1n) is 7.28. The number of hydrogen-bond acceptors (Lipinski definition) is 3. The summed E-state index contributed by atoms with van der Waals surface area (Å²) in [6, 6.07) is 7.48. The second-order valence-electron chi connectivity index (χ2n) is 5.48. The van der Waals surface area contributed by atoms with E-state index in [0.29, 0.717) is 6.42 Å². The van der Waals surface area contributed by atoms with Crippen molar-refractivity contribution in [3.63, 3.8) is 0 Å². The summed E-state index contributed by atoms with van der Waals surface area (Å²) in [6.07, 6.45) is 4.61. The van der Waals surface area contributed by atoms with Crippen molar-refractivity contribution >= 4 is 11.7 Å². The number of aliphatic carboxylic acids is 1. The lowest BCUT2D eigenvalue weighted by Gasteiger charge is -2.41. The molecule has 0 amide bonds. The Morgan fingerprint density at radius 2 is 2.30 bits per heavy atom. The topological polar surface area (TPSA) is 58.6 Å². The molecular weight excluding hydrogens is 254 g/mol. The second kappa shape index (κ2) is 6.16. The third-order valence-electron chi connectivity index (χ3n) is 4.38. The lowest BCUT2D eigenvalue weighted by Crippen LogP contribution is -2.54. The van der Waals surface area contributed by atoms with Crippen molar-refractivity contribution in [3.05, 3.63) is 24.3 Å². The molecule has 0 saturated heterocycles. The van der Waals surface area contributed by atoms with Crippen LogP contribution in [0.15, 0.2) is 24.3 Å². The van der Waals surface area contributed by atoms with Crippen LogP contribution in [0, 0.1) is 5.92 Å². The summed E-state index contributed by atoms with van der Waals surface area (Å²) in [7, 11) is 1.61. The Morgan fingerprint density at radius 3 is 2.95 bits per heavy atom. The molecule has 1 aromatic carbocycles. The fourth-order valence-corrected chi connectivity index (χ4v) is 3.26. The van der Waals surface area contributed by atoms with Gasteiger partial charge in [-0.25, -0.2) is 4.79 Å². The number of carboxylic acids is 1. The third kappa shape index (κ3) is 2.74. The van der Waals surface area contributed by atoms with E-state index in [1.807, 2.05) is 24.3 Å². The van der Waals surface area contributed by atoms with E-state index in [9.17, 15) is 9.90 Å². The van der Waals surface area contributed by atoms with Crippen LogP contribution in [-0.2, 0) is 4.79 Å². The van der Waals surface area contributed by atoms with Gasteiger partial charge < -0.3 is 15.2 Å². The predicted molar refractivity (Wildman–Crippen MR) is 79.2 cm³/mol. The van der Waals surface area contributed by atoms with E-state index >= 15 is 0 Å². The molecule has 20 heavy (non-hydrogen) atoms. The van der Waals surface area contributed by atoms with Gasteiger partial charge in [0, 0.05) is 11.8 Å². The molecule has 2 N–H and O–H groups in total. The molecule has 1 aliphatic carbocycles. The predicted octanol–water partition coefficient (Wildman–Crippen LogP) is 3.53. The molecule has 0 spiro atoms. The van der Waals surface area contributed by atoms with Gasteiger partial charge in [0.05, 0.1) is 7.11 Å². The van der Waals surface area contributed by atoms with Gasteiger partial charge in [0.2, 0.25) is 0 Å². The Bertz CT molecular complexity index is 475. The van der Waals surface area contributed by atoms with Gasteiger partial charge in [0.1, 0.15) is 11.3 Å². The summed E-state index contributed by atoms with van der Waals surface area (Å²) >= 11 is 0. The molecule has 1 aromatic rings. The third-order valence-corrected chi connectivity index (χ3v) is 4.38. The molecule has 4 heteroatoms. The van der Waals surface area contributed by atoms with E-state index in [2.05, 4.69) is 12.2 Å². The van der Waals surface area contributed by atoms with E-state index < -0.39 is 11.5 Å². The highest BCUT2D eigenvalue weighted by atomic mass is 16.5. The number of carbonyl (C=O) groups is 1. The first-order chi connectivity index (χ1) is 9.62. The highest BCUT2D eigenvalue weighted by Gasteiger charge is 2.46. The number of carboxylic acid groups (broad SMARTS) is 1. The Balaban J connectivity index is 2.30. The minimum absolute atomic E-state index is 0.167. The van der Waals surface area contributed by atoms with Gasteiger partial charge >= 0.3 is 5.97 Å².